The van der Waals surface area contributed by atoms with Crippen LogP contribution in [0.5, 0.6) is 0 Å². The molecule has 0 unspecified atom stereocenters. The van der Waals surface area contributed by atoms with Crippen molar-refractivity contribution < 1.29 is 17.9 Å². The molecule has 1 saturated heterocycles. The van der Waals surface area contributed by atoms with Gasteiger partial charge in [0.05, 0.1) is 12.1 Å². The molecule has 1 aromatic heterocycles. The Balaban J connectivity index is 1.71. The van der Waals surface area contributed by atoms with Gasteiger partial charge < -0.3 is 10.1 Å². The van der Waals surface area contributed by atoms with Gasteiger partial charge in [-0.05, 0) is 54.2 Å². The fourth-order valence-electron chi connectivity index (χ4n) is 3.60. The predicted molar refractivity (Wildman–Crippen MR) is 90.5 cm³/mol. The molecule has 2 aliphatic heterocycles. The van der Waals surface area contributed by atoms with Crippen molar-refractivity contribution in [2.24, 2.45) is 5.92 Å². The van der Waals surface area contributed by atoms with Crippen LogP contribution in [0.1, 0.15) is 35.4 Å². The Bertz CT molecular complexity index is 717. The van der Waals surface area contributed by atoms with Crippen molar-refractivity contribution in [1.82, 2.24) is 0 Å². The largest absolute Gasteiger partial charge is 0.446 e. The second kappa shape index (κ2) is 6.28. The van der Waals surface area contributed by atoms with Gasteiger partial charge in [0.2, 0.25) is 0 Å². The topological polar surface area (TPSA) is 21.3 Å². The highest BCUT2D eigenvalue weighted by Gasteiger charge is 2.40. The molecular formula is C17H16F3NOS2. The molecule has 4 rings (SSSR count). The van der Waals surface area contributed by atoms with Gasteiger partial charge in [0.15, 0.2) is 0 Å². The smallest absolute Gasteiger partial charge is 0.377 e. The van der Waals surface area contributed by atoms with Gasteiger partial charge in [-0.25, -0.2) is 0 Å². The number of anilines is 1. The Hall–Kier alpha value is -1.18. The van der Waals surface area contributed by atoms with Gasteiger partial charge in [0, 0.05) is 33.5 Å². The molecule has 1 fully saturated rings. The number of hydrogen-bond donors (Lipinski definition) is 1. The summed E-state index contributed by atoms with van der Waals surface area (Å²) in [7, 11) is 0. The summed E-state index contributed by atoms with van der Waals surface area (Å²) in [4.78, 5) is 1.46. The fourth-order valence-corrected chi connectivity index (χ4v) is 5.04. The third kappa shape index (κ3) is 3.17. The lowest BCUT2D eigenvalue weighted by Crippen LogP contribution is -2.35. The van der Waals surface area contributed by atoms with Gasteiger partial charge in [-0.15, -0.1) is 11.3 Å². The minimum Gasteiger partial charge on any atom is -0.377 e. The van der Waals surface area contributed by atoms with Crippen LogP contribution in [-0.2, 0) is 4.74 Å². The summed E-state index contributed by atoms with van der Waals surface area (Å²) >= 11 is 1.63. The Labute approximate surface area is 146 Å². The number of fused-ring (bicyclic) bond motifs is 3. The van der Waals surface area contributed by atoms with Gasteiger partial charge >= 0.3 is 5.51 Å². The van der Waals surface area contributed by atoms with Crippen LogP contribution in [0.2, 0.25) is 0 Å². The van der Waals surface area contributed by atoms with E-state index in [0.29, 0.717) is 6.61 Å². The zero-order valence-corrected chi connectivity index (χ0v) is 14.3. The van der Waals surface area contributed by atoms with Crippen molar-refractivity contribution >= 4 is 28.8 Å². The summed E-state index contributed by atoms with van der Waals surface area (Å²) in [5.41, 5.74) is -2.55. The van der Waals surface area contributed by atoms with E-state index in [1.807, 2.05) is 11.4 Å². The van der Waals surface area contributed by atoms with E-state index in [1.54, 1.807) is 23.5 Å². The first kappa shape index (κ1) is 16.3. The lowest BCUT2D eigenvalue weighted by atomic mass is 9.79. The predicted octanol–water partition coefficient (Wildman–Crippen LogP) is 5.99. The van der Waals surface area contributed by atoms with Gasteiger partial charge in [0.1, 0.15) is 0 Å². The summed E-state index contributed by atoms with van der Waals surface area (Å²) in [6.45, 7) is 0.661. The Morgan fingerprint density at radius 1 is 1.25 bits per heavy atom. The standard InChI is InChI=1S/C17H16F3NOS2/c18-17(19,20)24-10-5-6-13-12(9-10)16-11(3-1-7-22-16)15(21-13)14-4-2-8-23-14/h2,4-6,8-9,11,15-16,21H,1,3,7H2/t11-,15+,16-/m0/s1. The molecule has 1 aromatic carbocycles. The number of nitrogens with one attached hydrogen (secondary N) is 1. The summed E-state index contributed by atoms with van der Waals surface area (Å²) in [6.07, 6.45) is 1.85. The van der Waals surface area contributed by atoms with Gasteiger partial charge in [-0.1, -0.05) is 6.07 Å². The summed E-state index contributed by atoms with van der Waals surface area (Å²) in [5, 5.41) is 5.58. The van der Waals surface area contributed by atoms with Crippen molar-refractivity contribution in [2.45, 2.75) is 35.4 Å². The van der Waals surface area contributed by atoms with E-state index in [4.69, 9.17) is 4.74 Å². The molecule has 24 heavy (non-hydrogen) atoms. The molecule has 2 aliphatic rings. The molecule has 0 spiro atoms. The molecular weight excluding hydrogens is 355 g/mol. The molecule has 0 saturated carbocycles. The molecule has 3 atom stereocenters. The minimum absolute atomic E-state index is 0.0698. The van der Waals surface area contributed by atoms with E-state index in [-0.39, 0.29) is 34.7 Å². The Morgan fingerprint density at radius 2 is 2.12 bits per heavy atom. The van der Waals surface area contributed by atoms with Gasteiger partial charge in [-0.2, -0.15) is 13.2 Å². The van der Waals surface area contributed by atoms with E-state index >= 15 is 0 Å². The highest BCUT2D eigenvalue weighted by atomic mass is 32.2. The first-order chi connectivity index (χ1) is 11.5. The molecule has 7 heteroatoms. The van der Waals surface area contributed by atoms with Crippen LogP contribution in [0.3, 0.4) is 0 Å². The Kier molecular flexibility index (Phi) is 4.26. The van der Waals surface area contributed by atoms with Crippen molar-refractivity contribution in [3.8, 4) is 0 Å². The quantitative estimate of drug-likeness (QED) is 0.655. The maximum atomic E-state index is 12.7. The fraction of sp³-hybridized carbons (Fsp3) is 0.412. The maximum absolute atomic E-state index is 12.7. The van der Waals surface area contributed by atoms with Crippen molar-refractivity contribution in [1.29, 1.82) is 0 Å². The number of benzene rings is 1. The summed E-state index contributed by atoms with van der Waals surface area (Å²) in [6, 6.07) is 9.19. The van der Waals surface area contributed by atoms with Crippen LogP contribution in [-0.4, -0.2) is 12.1 Å². The number of alkyl halides is 3. The van der Waals surface area contributed by atoms with E-state index < -0.39 is 5.51 Å². The number of rotatable bonds is 2. The average Bonchev–Trinajstić information content (AvgIpc) is 3.07. The first-order valence-electron chi connectivity index (χ1n) is 7.82. The molecule has 0 radical (unpaired) electrons. The van der Waals surface area contributed by atoms with Crippen LogP contribution >= 0.6 is 23.1 Å². The monoisotopic (exact) mass is 371 g/mol. The van der Waals surface area contributed by atoms with Gasteiger partial charge in [-0.3, -0.25) is 0 Å². The summed E-state index contributed by atoms with van der Waals surface area (Å²) < 4.78 is 44.0. The second-order valence-electron chi connectivity index (χ2n) is 6.03. The van der Waals surface area contributed by atoms with Crippen molar-refractivity contribution in [2.75, 3.05) is 11.9 Å². The van der Waals surface area contributed by atoms with Crippen LogP contribution in [0, 0.1) is 5.92 Å². The lowest BCUT2D eigenvalue weighted by Gasteiger charge is -2.43. The van der Waals surface area contributed by atoms with E-state index in [0.717, 1.165) is 24.1 Å². The molecule has 0 aliphatic carbocycles. The van der Waals surface area contributed by atoms with E-state index in [1.165, 1.54) is 10.9 Å². The van der Waals surface area contributed by atoms with Crippen molar-refractivity contribution in [3.05, 3.63) is 46.2 Å². The van der Waals surface area contributed by atoms with Crippen LogP contribution in [0.25, 0.3) is 0 Å². The lowest BCUT2D eigenvalue weighted by molar-refractivity contribution is -0.0381. The molecule has 128 valence electrons. The van der Waals surface area contributed by atoms with E-state index in [2.05, 4.69) is 11.4 Å². The number of thioether (sulfide) groups is 1. The second-order valence-corrected chi connectivity index (χ2v) is 8.15. The highest BCUT2D eigenvalue weighted by molar-refractivity contribution is 8.00. The minimum atomic E-state index is -4.28. The summed E-state index contributed by atoms with van der Waals surface area (Å²) in [5.74, 6) is 0.246. The molecule has 2 nitrogen and oxygen atoms in total. The third-order valence-electron chi connectivity index (χ3n) is 4.52. The molecule has 3 heterocycles. The number of ether oxygens (including phenoxy) is 1. The average molecular weight is 371 g/mol. The van der Waals surface area contributed by atoms with Crippen LogP contribution < -0.4 is 5.32 Å². The zero-order valence-electron chi connectivity index (χ0n) is 12.7. The maximum Gasteiger partial charge on any atom is 0.446 e. The molecule has 0 bridgehead atoms. The highest BCUT2D eigenvalue weighted by Crippen LogP contribution is 2.51. The van der Waals surface area contributed by atoms with Gasteiger partial charge in [0.25, 0.3) is 0 Å². The van der Waals surface area contributed by atoms with Crippen molar-refractivity contribution in [3.63, 3.8) is 0 Å². The van der Waals surface area contributed by atoms with E-state index in [9.17, 15) is 13.2 Å². The number of hydrogen-bond acceptors (Lipinski definition) is 4. The molecule has 2 aromatic rings. The van der Waals surface area contributed by atoms with Crippen LogP contribution in [0.4, 0.5) is 18.9 Å². The zero-order chi connectivity index (χ0) is 16.7. The molecule has 1 N–H and O–H groups in total. The Morgan fingerprint density at radius 3 is 2.88 bits per heavy atom. The number of halogens is 3. The first-order valence-corrected chi connectivity index (χ1v) is 9.52. The molecule has 0 amide bonds. The number of thiophene rings is 1. The third-order valence-corrected chi connectivity index (χ3v) is 6.20. The normalized spacial score (nSPS) is 26.4. The van der Waals surface area contributed by atoms with Crippen LogP contribution in [0.15, 0.2) is 40.6 Å². The SMILES string of the molecule is FC(F)(F)Sc1ccc2c(c1)[C@H]1OCCC[C@H]1[C@H](c1cccs1)N2.